The van der Waals surface area contributed by atoms with Crippen LogP contribution >= 0.6 is 0 Å². The van der Waals surface area contributed by atoms with Crippen LogP contribution < -0.4 is 10.3 Å². The van der Waals surface area contributed by atoms with Gasteiger partial charge in [-0.1, -0.05) is 0 Å². The van der Waals surface area contributed by atoms with Crippen LogP contribution in [-0.4, -0.2) is 22.8 Å². The number of ether oxygens (including phenoxy) is 1. The number of halogens is 3. The lowest BCUT2D eigenvalue weighted by molar-refractivity contribution is -0.138. The minimum absolute atomic E-state index is 0.0883. The number of benzene rings is 1. The van der Waals surface area contributed by atoms with E-state index < -0.39 is 29.8 Å². The molecule has 21 heavy (non-hydrogen) atoms. The molecule has 112 valence electrons. The maximum atomic E-state index is 12.8. The second kappa shape index (κ2) is 5.12. The van der Waals surface area contributed by atoms with Crippen molar-refractivity contribution >= 4 is 16.9 Å². The Morgan fingerprint density at radius 3 is 2.52 bits per heavy atom. The molecule has 0 saturated heterocycles. The summed E-state index contributed by atoms with van der Waals surface area (Å²) < 4.78 is 44.0. The Morgan fingerprint density at radius 2 is 2.00 bits per heavy atom. The fourth-order valence-electron chi connectivity index (χ4n) is 1.99. The monoisotopic (exact) mass is 301 g/mol. The Morgan fingerprint density at radius 1 is 1.33 bits per heavy atom. The number of carboxylic acid groups (broad SMARTS) is 1. The van der Waals surface area contributed by atoms with E-state index in [2.05, 4.69) is 0 Å². The van der Waals surface area contributed by atoms with Crippen LogP contribution in [0.15, 0.2) is 29.1 Å². The topological polar surface area (TPSA) is 68.5 Å². The van der Waals surface area contributed by atoms with Gasteiger partial charge in [0.2, 0.25) is 0 Å². The van der Waals surface area contributed by atoms with Crippen molar-refractivity contribution in [2.75, 3.05) is 7.11 Å². The smallest absolute Gasteiger partial charge is 0.416 e. The van der Waals surface area contributed by atoms with E-state index in [-0.39, 0.29) is 16.7 Å². The van der Waals surface area contributed by atoms with Gasteiger partial charge in [0.05, 0.1) is 18.2 Å². The third-order valence-electron chi connectivity index (χ3n) is 2.92. The Bertz CT molecular complexity index is 764. The number of aliphatic carboxylic acids is 1. The third-order valence-corrected chi connectivity index (χ3v) is 2.92. The predicted molar refractivity (Wildman–Crippen MR) is 67.4 cm³/mol. The van der Waals surface area contributed by atoms with Crippen molar-refractivity contribution in [3.8, 4) is 5.75 Å². The first-order chi connectivity index (χ1) is 9.74. The normalized spacial score (nSPS) is 11.6. The highest BCUT2D eigenvalue weighted by molar-refractivity contribution is 5.87. The lowest BCUT2D eigenvalue weighted by atomic mass is 10.1. The predicted octanol–water partition coefficient (Wildman–Crippen LogP) is 2.11. The van der Waals surface area contributed by atoms with Crippen LogP contribution in [0.4, 0.5) is 13.2 Å². The molecule has 5 nitrogen and oxygen atoms in total. The molecule has 2 aromatic rings. The molecule has 0 atom stereocenters. The molecule has 8 heteroatoms. The largest absolute Gasteiger partial charge is 0.496 e. The van der Waals surface area contributed by atoms with Crippen LogP contribution in [0.2, 0.25) is 0 Å². The number of alkyl halides is 3. The van der Waals surface area contributed by atoms with Gasteiger partial charge in [-0.25, -0.2) is 0 Å². The van der Waals surface area contributed by atoms with Gasteiger partial charge in [-0.3, -0.25) is 14.2 Å². The van der Waals surface area contributed by atoms with Crippen LogP contribution in [0.3, 0.4) is 0 Å². The standard InChI is InChI=1S/C13H10F3NO4/c1-21-10-5-11(18)17(6-12(19)20)9-4-7(13(14,15)16)2-3-8(9)10/h2-5H,6H2,1H3,(H,19,20). The molecule has 0 bridgehead atoms. The molecule has 0 saturated carbocycles. The van der Waals surface area contributed by atoms with Crippen molar-refractivity contribution in [3.63, 3.8) is 0 Å². The highest BCUT2D eigenvalue weighted by atomic mass is 19.4. The lowest BCUT2D eigenvalue weighted by Gasteiger charge is -2.14. The van der Waals surface area contributed by atoms with E-state index in [4.69, 9.17) is 9.84 Å². The molecular formula is C13H10F3NO4. The average Bonchev–Trinajstić information content (AvgIpc) is 2.39. The van der Waals surface area contributed by atoms with E-state index in [1.165, 1.54) is 7.11 Å². The molecule has 0 aliphatic rings. The first-order valence-corrected chi connectivity index (χ1v) is 5.74. The van der Waals surface area contributed by atoms with Gasteiger partial charge >= 0.3 is 12.1 Å². The summed E-state index contributed by atoms with van der Waals surface area (Å²) in [6.45, 7) is -0.735. The number of carboxylic acids is 1. The van der Waals surface area contributed by atoms with Gasteiger partial charge in [0.25, 0.3) is 5.56 Å². The molecule has 1 N–H and O–H groups in total. The summed E-state index contributed by atoms with van der Waals surface area (Å²) in [6.07, 6.45) is -4.60. The molecule has 2 rings (SSSR count). The maximum Gasteiger partial charge on any atom is 0.416 e. The Labute approximate surface area is 116 Å². The van der Waals surface area contributed by atoms with Gasteiger partial charge in [0.1, 0.15) is 12.3 Å². The molecule has 0 spiro atoms. The molecule has 1 aromatic carbocycles. The first kappa shape index (κ1) is 14.9. The number of carbonyl (C=O) groups is 1. The highest BCUT2D eigenvalue weighted by Crippen LogP contribution is 2.33. The third kappa shape index (κ3) is 2.83. The van der Waals surface area contributed by atoms with Crippen LogP contribution in [-0.2, 0) is 17.5 Å². The molecule has 0 fully saturated rings. The zero-order chi connectivity index (χ0) is 15.8. The first-order valence-electron chi connectivity index (χ1n) is 5.74. The van der Waals surface area contributed by atoms with Gasteiger partial charge < -0.3 is 9.84 Å². The van der Waals surface area contributed by atoms with E-state index in [9.17, 15) is 22.8 Å². The van der Waals surface area contributed by atoms with Crippen molar-refractivity contribution in [1.82, 2.24) is 4.57 Å². The van der Waals surface area contributed by atoms with Crippen molar-refractivity contribution in [2.24, 2.45) is 0 Å². The van der Waals surface area contributed by atoms with Crippen LogP contribution in [0.1, 0.15) is 5.56 Å². The van der Waals surface area contributed by atoms with Crippen molar-refractivity contribution < 1.29 is 27.8 Å². The van der Waals surface area contributed by atoms with Crippen LogP contribution in [0.5, 0.6) is 5.75 Å². The highest BCUT2D eigenvalue weighted by Gasteiger charge is 2.31. The number of rotatable bonds is 3. The number of nitrogens with zero attached hydrogens (tertiary/aromatic N) is 1. The van der Waals surface area contributed by atoms with Crippen molar-refractivity contribution in [1.29, 1.82) is 0 Å². The summed E-state index contributed by atoms with van der Waals surface area (Å²) in [5.41, 5.74) is -1.86. The molecule has 0 aliphatic carbocycles. The molecule has 0 unspecified atom stereocenters. The van der Waals surface area contributed by atoms with Crippen molar-refractivity contribution in [3.05, 3.63) is 40.2 Å². The fourth-order valence-corrected chi connectivity index (χ4v) is 1.99. The zero-order valence-corrected chi connectivity index (χ0v) is 10.8. The van der Waals surface area contributed by atoms with E-state index >= 15 is 0 Å². The van der Waals surface area contributed by atoms with Crippen molar-refractivity contribution in [2.45, 2.75) is 12.7 Å². The fraction of sp³-hybridized carbons (Fsp3) is 0.231. The second-order valence-electron chi connectivity index (χ2n) is 4.26. The summed E-state index contributed by atoms with van der Waals surface area (Å²) in [5, 5.41) is 9.02. The minimum Gasteiger partial charge on any atom is -0.496 e. The number of fused-ring (bicyclic) bond motifs is 1. The Kier molecular flexibility index (Phi) is 3.63. The number of pyridine rings is 1. The number of hydrogen-bond donors (Lipinski definition) is 1. The Hall–Kier alpha value is -2.51. The molecule has 1 aromatic heterocycles. The summed E-state index contributed by atoms with van der Waals surface area (Å²) in [5.74, 6) is -1.24. The van der Waals surface area contributed by atoms with Crippen LogP contribution in [0.25, 0.3) is 10.9 Å². The quantitative estimate of drug-likeness (QED) is 0.943. The molecule has 0 radical (unpaired) electrons. The van der Waals surface area contributed by atoms with E-state index in [1.54, 1.807) is 0 Å². The number of hydrogen-bond acceptors (Lipinski definition) is 3. The van der Waals surface area contributed by atoms with Gasteiger partial charge in [-0.05, 0) is 18.2 Å². The second-order valence-corrected chi connectivity index (χ2v) is 4.26. The van der Waals surface area contributed by atoms with Gasteiger partial charge in [-0.15, -0.1) is 0 Å². The molecule has 0 amide bonds. The van der Waals surface area contributed by atoms with E-state index in [1.807, 2.05) is 0 Å². The van der Waals surface area contributed by atoms with Gasteiger partial charge in [-0.2, -0.15) is 13.2 Å². The van der Waals surface area contributed by atoms with Gasteiger partial charge in [0.15, 0.2) is 0 Å². The molecule has 0 aliphatic heterocycles. The van der Waals surface area contributed by atoms with E-state index in [0.29, 0.717) is 0 Å². The average molecular weight is 301 g/mol. The summed E-state index contributed by atoms with van der Waals surface area (Å²) in [4.78, 5) is 22.6. The number of methoxy groups -OCH3 is 1. The minimum atomic E-state index is -4.60. The zero-order valence-electron chi connectivity index (χ0n) is 10.8. The van der Waals surface area contributed by atoms with E-state index in [0.717, 1.165) is 28.8 Å². The summed E-state index contributed by atoms with van der Waals surface area (Å²) in [7, 11) is 1.27. The maximum absolute atomic E-state index is 12.8. The Balaban J connectivity index is 2.84. The summed E-state index contributed by atoms with van der Waals surface area (Å²) >= 11 is 0. The van der Waals surface area contributed by atoms with Gasteiger partial charge in [0, 0.05) is 11.5 Å². The lowest BCUT2D eigenvalue weighted by Crippen LogP contribution is -2.24. The number of aromatic nitrogens is 1. The summed E-state index contributed by atoms with van der Waals surface area (Å²) in [6, 6.07) is 3.77. The van der Waals surface area contributed by atoms with Crippen LogP contribution in [0, 0.1) is 0 Å². The SMILES string of the molecule is COc1cc(=O)n(CC(=O)O)c2cc(C(F)(F)F)ccc12. The molecule has 1 heterocycles. The molecular weight excluding hydrogens is 291 g/mol.